The van der Waals surface area contributed by atoms with E-state index >= 15 is 0 Å². The molecule has 0 fully saturated rings. The monoisotopic (exact) mass is 258 g/mol. The third-order valence-corrected chi connectivity index (χ3v) is 2.83. The maximum atomic E-state index is 4.18. The summed E-state index contributed by atoms with van der Waals surface area (Å²) in [6.45, 7) is 2.10. The van der Waals surface area contributed by atoms with E-state index in [9.17, 15) is 0 Å². The van der Waals surface area contributed by atoms with Gasteiger partial charge in [-0.2, -0.15) is 0 Å². The fraction of sp³-hybridized carbons (Fsp3) is 0.125. The zero-order valence-electron chi connectivity index (χ0n) is 6.08. The van der Waals surface area contributed by atoms with Gasteiger partial charge in [0.2, 0.25) is 0 Å². The second kappa shape index (κ2) is 2.48. The number of pyridine rings is 1. The Bertz CT molecular complexity index is 356. The van der Waals surface area contributed by atoms with Crippen molar-refractivity contribution in [3.63, 3.8) is 0 Å². The Kier molecular flexibility index (Phi) is 1.60. The summed E-state index contributed by atoms with van der Waals surface area (Å²) in [4.78, 5) is 4.18. The molecule has 56 valence electrons. The molecule has 2 rings (SSSR count). The second-order valence-corrected chi connectivity index (χ2v) is 3.66. The molecule has 0 aliphatic rings. The molecule has 3 heteroatoms. The topological polar surface area (TPSA) is 17.3 Å². The van der Waals surface area contributed by atoms with E-state index in [1.54, 1.807) is 0 Å². The van der Waals surface area contributed by atoms with Crippen molar-refractivity contribution in [2.24, 2.45) is 0 Å². The lowest BCUT2D eigenvalue weighted by Gasteiger charge is -1.98. The van der Waals surface area contributed by atoms with Gasteiger partial charge in [0, 0.05) is 22.2 Å². The van der Waals surface area contributed by atoms with Gasteiger partial charge in [-0.1, -0.05) is 0 Å². The lowest BCUT2D eigenvalue weighted by atomic mass is 10.3. The maximum Gasteiger partial charge on any atom is 0.137 e. The minimum atomic E-state index is 1.01. The number of aromatic nitrogens is 2. The lowest BCUT2D eigenvalue weighted by molar-refractivity contribution is 1.15. The summed E-state index contributed by atoms with van der Waals surface area (Å²) in [5, 5.41) is 0. The van der Waals surface area contributed by atoms with E-state index in [0.717, 1.165) is 5.65 Å². The molecule has 0 saturated heterocycles. The van der Waals surface area contributed by atoms with Crippen LogP contribution in [-0.4, -0.2) is 9.38 Å². The number of hydrogen-bond donors (Lipinski definition) is 0. The van der Waals surface area contributed by atoms with E-state index in [1.165, 1.54) is 9.13 Å². The molecule has 0 radical (unpaired) electrons. The number of fused-ring (bicyclic) bond motifs is 1. The van der Waals surface area contributed by atoms with Gasteiger partial charge in [-0.05, 0) is 41.1 Å². The molecule has 0 amide bonds. The molecule has 0 atom stereocenters. The Labute approximate surface area is 78.4 Å². The molecule has 0 aliphatic heterocycles. The fourth-order valence-electron chi connectivity index (χ4n) is 1.04. The van der Waals surface area contributed by atoms with Gasteiger partial charge in [0.05, 0.1) is 0 Å². The van der Waals surface area contributed by atoms with Crippen molar-refractivity contribution >= 4 is 28.2 Å². The number of halogens is 1. The van der Waals surface area contributed by atoms with E-state index in [4.69, 9.17) is 0 Å². The van der Waals surface area contributed by atoms with Crippen LogP contribution in [0.3, 0.4) is 0 Å². The van der Waals surface area contributed by atoms with Crippen LogP contribution in [0.25, 0.3) is 5.65 Å². The van der Waals surface area contributed by atoms with Crippen molar-refractivity contribution in [3.8, 4) is 0 Å². The van der Waals surface area contributed by atoms with E-state index in [2.05, 4.69) is 46.8 Å². The molecule has 0 bridgehead atoms. The molecule has 2 heterocycles. The average molecular weight is 258 g/mol. The van der Waals surface area contributed by atoms with E-state index in [0.29, 0.717) is 0 Å². The highest BCUT2D eigenvalue weighted by molar-refractivity contribution is 14.1. The Morgan fingerprint density at radius 1 is 1.55 bits per heavy atom. The van der Waals surface area contributed by atoms with Crippen molar-refractivity contribution in [1.29, 1.82) is 0 Å². The van der Waals surface area contributed by atoms with Crippen molar-refractivity contribution in [2.45, 2.75) is 6.92 Å². The van der Waals surface area contributed by atoms with Crippen LogP contribution in [0, 0.1) is 10.5 Å². The van der Waals surface area contributed by atoms with Gasteiger partial charge < -0.3 is 4.40 Å². The van der Waals surface area contributed by atoms with Crippen LogP contribution in [0.15, 0.2) is 24.7 Å². The number of rotatable bonds is 0. The van der Waals surface area contributed by atoms with Gasteiger partial charge in [-0.3, -0.25) is 0 Å². The molecule has 2 aromatic rings. The van der Waals surface area contributed by atoms with Gasteiger partial charge in [-0.15, -0.1) is 0 Å². The number of imidazole rings is 1. The minimum absolute atomic E-state index is 1.01. The summed E-state index contributed by atoms with van der Waals surface area (Å²) in [6, 6.07) is 2.08. The van der Waals surface area contributed by atoms with Gasteiger partial charge in [0.1, 0.15) is 5.65 Å². The summed E-state index contributed by atoms with van der Waals surface area (Å²) in [7, 11) is 0. The van der Waals surface area contributed by atoms with Gasteiger partial charge >= 0.3 is 0 Å². The third-order valence-electron chi connectivity index (χ3n) is 1.66. The van der Waals surface area contributed by atoms with Crippen LogP contribution in [0.4, 0.5) is 0 Å². The predicted octanol–water partition coefficient (Wildman–Crippen LogP) is 2.25. The van der Waals surface area contributed by atoms with E-state index in [-0.39, 0.29) is 0 Å². The van der Waals surface area contributed by atoms with Crippen molar-refractivity contribution in [3.05, 3.63) is 33.8 Å². The third kappa shape index (κ3) is 1.13. The highest BCUT2D eigenvalue weighted by Gasteiger charge is 1.97. The molecule has 0 aliphatic carbocycles. The first-order valence-corrected chi connectivity index (χ1v) is 4.44. The zero-order chi connectivity index (χ0) is 7.84. The maximum absolute atomic E-state index is 4.18. The van der Waals surface area contributed by atoms with Crippen LogP contribution >= 0.6 is 22.6 Å². The summed E-state index contributed by atoms with van der Waals surface area (Å²) in [6.07, 6.45) is 5.85. The first-order valence-electron chi connectivity index (χ1n) is 3.36. The van der Waals surface area contributed by atoms with Crippen LogP contribution in [-0.2, 0) is 0 Å². The number of nitrogens with zero attached hydrogens (tertiary/aromatic N) is 2. The summed E-state index contributed by atoms with van der Waals surface area (Å²) >= 11 is 2.32. The first kappa shape index (κ1) is 7.09. The average Bonchev–Trinajstić information content (AvgIpc) is 2.36. The molecule has 11 heavy (non-hydrogen) atoms. The Balaban J connectivity index is 2.86. The lowest BCUT2D eigenvalue weighted by Crippen LogP contribution is -1.87. The summed E-state index contributed by atoms with van der Waals surface area (Å²) < 4.78 is 3.29. The smallest absolute Gasteiger partial charge is 0.137 e. The molecular formula is C8H7IN2. The molecule has 2 aromatic heterocycles. The van der Waals surface area contributed by atoms with Crippen molar-refractivity contribution in [1.82, 2.24) is 9.38 Å². The predicted molar refractivity (Wildman–Crippen MR) is 52.6 cm³/mol. The summed E-state index contributed by atoms with van der Waals surface area (Å²) in [5.74, 6) is 0. The number of aryl methyl sites for hydroxylation is 1. The van der Waals surface area contributed by atoms with E-state index in [1.807, 2.05) is 16.8 Å². The molecule has 2 nitrogen and oxygen atoms in total. The first-order chi connectivity index (χ1) is 5.27. The largest absolute Gasteiger partial charge is 0.307 e. The SMILES string of the molecule is Cc1cn2ccnc2cc1I. The van der Waals surface area contributed by atoms with Crippen LogP contribution in [0.2, 0.25) is 0 Å². The Morgan fingerprint density at radius 2 is 2.36 bits per heavy atom. The number of hydrogen-bond acceptors (Lipinski definition) is 1. The second-order valence-electron chi connectivity index (χ2n) is 2.50. The normalized spacial score (nSPS) is 10.7. The quantitative estimate of drug-likeness (QED) is 0.662. The minimum Gasteiger partial charge on any atom is -0.307 e. The van der Waals surface area contributed by atoms with E-state index < -0.39 is 0 Å². The summed E-state index contributed by atoms with van der Waals surface area (Å²) in [5.41, 5.74) is 2.30. The van der Waals surface area contributed by atoms with Crippen LogP contribution < -0.4 is 0 Å². The Hall–Kier alpha value is -0.580. The molecule has 0 unspecified atom stereocenters. The molecule has 0 saturated carbocycles. The Morgan fingerprint density at radius 3 is 3.18 bits per heavy atom. The van der Waals surface area contributed by atoms with Crippen LogP contribution in [0.1, 0.15) is 5.56 Å². The molecule has 0 aromatic carbocycles. The zero-order valence-corrected chi connectivity index (χ0v) is 8.24. The highest BCUT2D eigenvalue weighted by Crippen LogP contribution is 2.12. The molecular weight excluding hydrogens is 251 g/mol. The van der Waals surface area contributed by atoms with Crippen molar-refractivity contribution in [2.75, 3.05) is 0 Å². The standard InChI is InChI=1S/C8H7IN2/c1-6-5-11-3-2-10-8(11)4-7(6)9/h2-5H,1H3. The molecule has 0 N–H and O–H groups in total. The van der Waals surface area contributed by atoms with Gasteiger partial charge in [0.15, 0.2) is 0 Å². The van der Waals surface area contributed by atoms with Crippen LogP contribution in [0.5, 0.6) is 0 Å². The van der Waals surface area contributed by atoms with Gasteiger partial charge in [-0.25, -0.2) is 4.98 Å². The van der Waals surface area contributed by atoms with Gasteiger partial charge in [0.25, 0.3) is 0 Å². The van der Waals surface area contributed by atoms with Crippen molar-refractivity contribution < 1.29 is 0 Å². The molecule has 0 spiro atoms. The highest BCUT2D eigenvalue weighted by atomic mass is 127. The fourth-order valence-corrected chi connectivity index (χ4v) is 1.46.